The molecule has 0 saturated heterocycles. The van der Waals surface area contributed by atoms with Gasteiger partial charge in [0.05, 0.1) is 6.54 Å². The van der Waals surface area contributed by atoms with Gasteiger partial charge in [-0.1, -0.05) is 36.7 Å². The minimum Gasteiger partial charge on any atom is -0.365 e. The van der Waals surface area contributed by atoms with Crippen LogP contribution in [0, 0.1) is 0 Å². The maximum Gasteiger partial charge on any atom is 0.137 e. The standard InChI is InChI=1S/C9H11Cl2N3/c1-3-7-8(11)13-5-14-9(7)12-4-6(2)10/h5H,2-4H2,1H3,(H,12,13,14). The van der Waals surface area contributed by atoms with E-state index in [1.807, 2.05) is 6.92 Å². The first-order valence-electron chi connectivity index (χ1n) is 4.21. The van der Waals surface area contributed by atoms with Crippen LogP contribution in [0.4, 0.5) is 5.82 Å². The Balaban J connectivity index is 2.85. The van der Waals surface area contributed by atoms with Gasteiger partial charge in [0, 0.05) is 10.6 Å². The fourth-order valence-electron chi connectivity index (χ4n) is 1.04. The summed E-state index contributed by atoms with van der Waals surface area (Å²) < 4.78 is 0. The summed E-state index contributed by atoms with van der Waals surface area (Å²) in [5, 5.41) is 4.04. The molecule has 1 aromatic heterocycles. The molecule has 1 N–H and O–H groups in total. The van der Waals surface area contributed by atoms with E-state index in [0.717, 1.165) is 12.0 Å². The smallest absolute Gasteiger partial charge is 0.137 e. The summed E-state index contributed by atoms with van der Waals surface area (Å²) in [7, 11) is 0. The maximum atomic E-state index is 5.90. The van der Waals surface area contributed by atoms with Crippen molar-refractivity contribution in [2.45, 2.75) is 13.3 Å². The highest BCUT2D eigenvalue weighted by molar-refractivity contribution is 6.30. The van der Waals surface area contributed by atoms with Crippen LogP contribution >= 0.6 is 23.2 Å². The number of nitrogens with zero attached hydrogens (tertiary/aromatic N) is 2. The van der Waals surface area contributed by atoms with Gasteiger partial charge in [-0.3, -0.25) is 0 Å². The summed E-state index contributed by atoms with van der Waals surface area (Å²) in [5.74, 6) is 0.717. The third-order valence-corrected chi connectivity index (χ3v) is 2.15. The Kier molecular flexibility index (Phi) is 4.17. The summed E-state index contributed by atoms with van der Waals surface area (Å²) in [4.78, 5) is 7.97. The highest BCUT2D eigenvalue weighted by Gasteiger charge is 2.06. The molecule has 0 fully saturated rings. The van der Waals surface area contributed by atoms with Crippen LogP contribution < -0.4 is 5.32 Å². The van der Waals surface area contributed by atoms with Crippen LogP contribution in [0.1, 0.15) is 12.5 Å². The van der Waals surface area contributed by atoms with Gasteiger partial charge in [0.2, 0.25) is 0 Å². The van der Waals surface area contributed by atoms with Crippen molar-refractivity contribution in [2.24, 2.45) is 0 Å². The average Bonchev–Trinajstić information content (AvgIpc) is 2.14. The van der Waals surface area contributed by atoms with Crippen molar-refractivity contribution >= 4 is 29.0 Å². The van der Waals surface area contributed by atoms with Crippen LogP contribution in [0.25, 0.3) is 0 Å². The monoisotopic (exact) mass is 231 g/mol. The molecule has 0 spiro atoms. The second-order valence-electron chi connectivity index (χ2n) is 2.72. The predicted octanol–water partition coefficient (Wildman–Crippen LogP) is 2.86. The molecule has 0 saturated carbocycles. The van der Waals surface area contributed by atoms with E-state index in [-0.39, 0.29) is 0 Å². The molecule has 0 atom stereocenters. The molecule has 0 aromatic carbocycles. The zero-order valence-electron chi connectivity index (χ0n) is 7.85. The minimum absolute atomic E-state index is 0.474. The second kappa shape index (κ2) is 5.17. The summed E-state index contributed by atoms with van der Waals surface area (Å²) in [6.45, 7) is 6.04. The van der Waals surface area contributed by atoms with Crippen LogP contribution in [-0.2, 0) is 6.42 Å². The van der Waals surface area contributed by atoms with Crippen LogP contribution in [0.3, 0.4) is 0 Å². The molecule has 5 heteroatoms. The Morgan fingerprint density at radius 1 is 1.57 bits per heavy atom. The van der Waals surface area contributed by atoms with E-state index >= 15 is 0 Å². The summed E-state index contributed by atoms with van der Waals surface area (Å²) in [6.07, 6.45) is 2.19. The average molecular weight is 232 g/mol. The molecule has 14 heavy (non-hydrogen) atoms. The molecule has 76 valence electrons. The Bertz CT molecular complexity index is 339. The predicted molar refractivity (Wildman–Crippen MR) is 59.9 cm³/mol. The number of nitrogens with one attached hydrogen (secondary N) is 1. The lowest BCUT2D eigenvalue weighted by atomic mass is 10.2. The Hall–Kier alpha value is -0.800. The van der Waals surface area contributed by atoms with E-state index in [0.29, 0.717) is 22.5 Å². The van der Waals surface area contributed by atoms with Gasteiger partial charge in [-0.25, -0.2) is 9.97 Å². The Morgan fingerprint density at radius 3 is 2.86 bits per heavy atom. The number of anilines is 1. The number of hydrogen-bond donors (Lipinski definition) is 1. The first-order chi connectivity index (χ1) is 6.65. The lowest BCUT2D eigenvalue weighted by Crippen LogP contribution is -2.06. The van der Waals surface area contributed by atoms with Gasteiger partial charge in [0.15, 0.2) is 0 Å². The third-order valence-electron chi connectivity index (χ3n) is 1.69. The maximum absolute atomic E-state index is 5.90. The largest absolute Gasteiger partial charge is 0.365 e. The number of rotatable bonds is 4. The normalized spacial score (nSPS) is 9.93. The van der Waals surface area contributed by atoms with Gasteiger partial charge in [-0.15, -0.1) is 0 Å². The molecule has 0 aliphatic rings. The molecule has 0 unspecified atom stereocenters. The first-order valence-corrected chi connectivity index (χ1v) is 4.97. The molecule has 0 aliphatic carbocycles. The minimum atomic E-state index is 0.474. The van der Waals surface area contributed by atoms with Gasteiger partial charge >= 0.3 is 0 Å². The van der Waals surface area contributed by atoms with Crippen LogP contribution in [0.2, 0.25) is 5.15 Å². The molecular formula is C9H11Cl2N3. The fraction of sp³-hybridized carbons (Fsp3) is 0.333. The van der Waals surface area contributed by atoms with E-state index in [4.69, 9.17) is 23.2 Å². The molecule has 0 aliphatic heterocycles. The van der Waals surface area contributed by atoms with Crippen molar-refractivity contribution in [1.82, 2.24) is 9.97 Å². The van der Waals surface area contributed by atoms with Crippen LogP contribution in [0.5, 0.6) is 0 Å². The van der Waals surface area contributed by atoms with Crippen LogP contribution in [0.15, 0.2) is 17.9 Å². The van der Waals surface area contributed by atoms with E-state index < -0.39 is 0 Å². The summed E-state index contributed by atoms with van der Waals surface area (Å²) in [6, 6.07) is 0. The molecular weight excluding hydrogens is 221 g/mol. The highest BCUT2D eigenvalue weighted by Crippen LogP contribution is 2.20. The molecule has 1 heterocycles. The topological polar surface area (TPSA) is 37.8 Å². The van der Waals surface area contributed by atoms with E-state index in [9.17, 15) is 0 Å². The van der Waals surface area contributed by atoms with Gasteiger partial charge in [0.25, 0.3) is 0 Å². The Labute approximate surface area is 93.2 Å². The van der Waals surface area contributed by atoms with E-state index in [2.05, 4.69) is 21.9 Å². The van der Waals surface area contributed by atoms with Crippen molar-refractivity contribution in [1.29, 1.82) is 0 Å². The lowest BCUT2D eigenvalue weighted by molar-refractivity contribution is 1.03. The molecule has 0 amide bonds. The zero-order chi connectivity index (χ0) is 10.6. The fourth-order valence-corrected chi connectivity index (χ4v) is 1.37. The SMILES string of the molecule is C=C(Cl)CNc1ncnc(Cl)c1CC. The van der Waals surface area contributed by atoms with Gasteiger partial charge < -0.3 is 5.32 Å². The van der Waals surface area contributed by atoms with Gasteiger partial charge in [0.1, 0.15) is 17.3 Å². The van der Waals surface area contributed by atoms with Crippen molar-refractivity contribution in [3.63, 3.8) is 0 Å². The zero-order valence-corrected chi connectivity index (χ0v) is 9.36. The molecule has 1 rings (SSSR count). The van der Waals surface area contributed by atoms with Crippen molar-refractivity contribution in [3.8, 4) is 0 Å². The molecule has 1 aromatic rings. The third kappa shape index (κ3) is 2.86. The summed E-state index contributed by atoms with van der Waals surface area (Å²) in [5.41, 5.74) is 0.895. The van der Waals surface area contributed by atoms with Crippen molar-refractivity contribution < 1.29 is 0 Å². The summed E-state index contributed by atoms with van der Waals surface area (Å²) >= 11 is 11.5. The van der Waals surface area contributed by atoms with Crippen molar-refractivity contribution in [3.05, 3.63) is 28.7 Å². The van der Waals surface area contributed by atoms with E-state index in [1.54, 1.807) is 0 Å². The Morgan fingerprint density at radius 2 is 2.29 bits per heavy atom. The second-order valence-corrected chi connectivity index (χ2v) is 3.61. The molecule has 3 nitrogen and oxygen atoms in total. The first kappa shape index (κ1) is 11.3. The number of halogens is 2. The number of aromatic nitrogens is 2. The van der Waals surface area contributed by atoms with E-state index in [1.165, 1.54) is 6.33 Å². The molecule has 0 bridgehead atoms. The van der Waals surface area contributed by atoms with Gasteiger partial charge in [-0.2, -0.15) is 0 Å². The van der Waals surface area contributed by atoms with Crippen LogP contribution in [-0.4, -0.2) is 16.5 Å². The lowest BCUT2D eigenvalue weighted by Gasteiger charge is -2.09. The molecule has 0 radical (unpaired) electrons. The highest BCUT2D eigenvalue weighted by atomic mass is 35.5. The number of hydrogen-bond acceptors (Lipinski definition) is 3. The quantitative estimate of drug-likeness (QED) is 0.811. The van der Waals surface area contributed by atoms with Crippen molar-refractivity contribution in [2.75, 3.05) is 11.9 Å². The van der Waals surface area contributed by atoms with Gasteiger partial charge in [-0.05, 0) is 6.42 Å².